The molecule has 2 heterocycles. The second-order valence-electron chi connectivity index (χ2n) is 8.50. The molecule has 1 aliphatic carbocycles. The number of ether oxygens (including phenoxy) is 1. The molecule has 26 heavy (non-hydrogen) atoms. The van der Waals surface area contributed by atoms with Gasteiger partial charge in [0.1, 0.15) is 0 Å². The number of hydrogen-bond acceptors (Lipinski definition) is 2. The smallest absolute Gasteiger partial charge is 0.193 e. The number of guanidine groups is 1. The molecule has 1 unspecified atom stereocenters. The molecule has 1 spiro atoms. The average Bonchev–Trinajstić information content (AvgIpc) is 3.43. The van der Waals surface area contributed by atoms with E-state index in [1.807, 2.05) is 0 Å². The Morgan fingerprint density at radius 2 is 1.96 bits per heavy atom. The molecule has 1 N–H and O–H groups in total. The second kappa shape index (κ2) is 7.59. The van der Waals surface area contributed by atoms with Crippen molar-refractivity contribution in [1.82, 2.24) is 10.2 Å². The van der Waals surface area contributed by atoms with Crippen LogP contribution in [0.1, 0.15) is 51.0 Å². The first-order valence-corrected chi connectivity index (χ1v) is 10.4. The van der Waals surface area contributed by atoms with Crippen LogP contribution in [0.5, 0.6) is 0 Å². The fourth-order valence-electron chi connectivity index (χ4n) is 5.12. The zero-order valence-corrected chi connectivity index (χ0v) is 16.2. The number of likely N-dealkylation sites (tertiary alicyclic amines) is 1. The fourth-order valence-corrected chi connectivity index (χ4v) is 5.12. The third kappa shape index (κ3) is 3.48. The molecule has 3 fully saturated rings. The molecule has 4 rings (SSSR count). The van der Waals surface area contributed by atoms with E-state index in [0.717, 1.165) is 45.4 Å². The highest BCUT2D eigenvalue weighted by molar-refractivity contribution is 5.80. The maximum atomic E-state index is 5.70. The van der Waals surface area contributed by atoms with Gasteiger partial charge in [0.05, 0.1) is 13.2 Å². The molecule has 142 valence electrons. The first-order chi connectivity index (χ1) is 12.8. The van der Waals surface area contributed by atoms with Gasteiger partial charge in [0.15, 0.2) is 5.96 Å². The van der Waals surface area contributed by atoms with Crippen molar-refractivity contribution in [3.63, 3.8) is 0 Å². The molecule has 1 aromatic carbocycles. The molecule has 2 aliphatic heterocycles. The molecular weight excluding hydrogens is 322 g/mol. The number of benzene rings is 1. The number of aliphatic imine (C=N–C) groups is 1. The van der Waals surface area contributed by atoms with Crippen molar-refractivity contribution >= 4 is 5.96 Å². The van der Waals surface area contributed by atoms with E-state index in [1.54, 1.807) is 0 Å². The van der Waals surface area contributed by atoms with Gasteiger partial charge >= 0.3 is 0 Å². The van der Waals surface area contributed by atoms with Gasteiger partial charge in [-0.05, 0) is 38.2 Å². The summed E-state index contributed by atoms with van der Waals surface area (Å²) in [4.78, 5) is 7.65. The van der Waals surface area contributed by atoms with Gasteiger partial charge in [-0.25, -0.2) is 0 Å². The Morgan fingerprint density at radius 1 is 1.15 bits per heavy atom. The highest BCUT2D eigenvalue weighted by Crippen LogP contribution is 2.42. The lowest BCUT2D eigenvalue weighted by atomic mass is 9.79. The van der Waals surface area contributed by atoms with Crippen molar-refractivity contribution in [2.45, 2.75) is 50.9 Å². The topological polar surface area (TPSA) is 36.9 Å². The lowest BCUT2D eigenvalue weighted by Crippen LogP contribution is -2.42. The number of nitrogens with one attached hydrogen (secondary N) is 1. The van der Waals surface area contributed by atoms with Crippen LogP contribution in [0.15, 0.2) is 35.3 Å². The lowest BCUT2D eigenvalue weighted by molar-refractivity contribution is 0.156. The van der Waals surface area contributed by atoms with Crippen molar-refractivity contribution in [1.29, 1.82) is 0 Å². The molecule has 0 amide bonds. The van der Waals surface area contributed by atoms with Gasteiger partial charge in [-0.15, -0.1) is 0 Å². The van der Waals surface area contributed by atoms with Crippen molar-refractivity contribution in [3.8, 4) is 0 Å². The van der Waals surface area contributed by atoms with Crippen LogP contribution in [-0.2, 0) is 10.2 Å². The minimum atomic E-state index is 0.232. The molecule has 3 aliphatic rings. The quantitative estimate of drug-likeness (QED) is 0.663. The van der Waals surface area contributed by atoms with E-state index in [2.05, 4.69) is 47.5 Å². The third-order valence-corrected chi connectivity index (χ3v) is 6.74. The van der Waals surface area contributed by atoms with E-state index < -0.39 is 0 Å². The Balaban J connectivity index is 1.52. The summed E-state index contributed by atoms with van der Waals surface area (Å²) in [5, 5.41) is 3.56. The van der Waals surface area contributed by atoms with Gasteiger partial charge in [-0.1, -0.05) is 43.2 Å². The molecule has 1 atom stereocenters. The van der Waals surface area contributed by atoms with Crippen LogP contribution in [0.3, 0.4) is 0 Å². The Labute approximate surface area is 158 Å². The Kier molecular flexibility index (Phi) is 5.21. The van der Waals surface area contributed by atoms with Crippen molar-refractivity contribution in [2.75, 3.05) is 39.4 Å². The second-order valence-corrected chi connectivity index (χ2v) is 8.50. The van der Waals surface area contributed by atoms with Gasteiger partial charge in [0, 0.05) is 37.1 Å². The average molecular weight is 356 g/mol. The van der Waals surface area contributed by atoms with E-state index in [-0.39, 0.29) is 5.41 Å². The summed E-state index contributed by atoms with van der Waals surface area (Å²) in [6.07, 6.45) is 7.61. The summed E-state index contributed by atoms with van der Waals surface area (Å²) < 4.78 is 5.70. The lowest BCUT2D eigenvalue weighted by Gasteiger charge is -2.30. The molecule has 2 saturated heterocycles. The Hall–Kier alpha value is -1.55. The molecule has 4 heteroatoms. The normalized spacial score (nSPS) is 28.2. The SMILES string of the molecule is CCNC(=NCC1(c2ccccc2)CCCC1)N1CCC2(CCOC2)C1. The van der Waals surface area contributed by atoms with Crippen molar-refractivity contribution in [3.05, 3.63) is 35.9 Å². The number of rotatable bonds is 4. The third-order valence-electron chi connectivity index (χ3n) is 6.74. The summed E-state index contributed by atoms with van der Waals surface area (Å²) in [7, 11) is 0. The largest absolute Gasteiger partial charge is 0.381 e. The maximum Gasteiger partial charge on any atom is 0.193 e. The molecule has 1 aromatic rings. The summed E-state index contributed by atoms with van der Waals surface area (Å²) in [6.45, 7) is 8.05. The minimum Gasteiger partial charge on any atom is -0.381 e. The maximum absolute atomic E-state index is 5.70. The molecule has 0 aromatic heterocycles. The fraction of sp³-hybridized carbons (Fsp3) is 0.682. The zero-order chi connectivity index (χ0) is 17.9. The summed E-state index contributed by atoms with van der Waals surface area (Å²) in [5.74, 6) is 1.11. The van der Waals surface area contributed by atoms with Gasteiger partial charge < -0.3 is 15.0 Å². The summed E-state index contributed by atoms with van der Waals surface area (Å²) in [6, 6.07) is 11.1. The van der Waals surface area contributed by atoms with E-state index in [1.165, 1.54) is 44.1 Å². The van der Waals surface area contributed by atoms with Crippen LogP contribution >= 0.6 is 0 Å². The van der Waals surface area contributed by atoms with Crippen molar-refractivity contribution in [2.24, 2.45) is 10.4 Å². The minimum absolute atomic E-state index is 0.232. The van der Waals surface area contributed by atoms with E-state index in [4.69, 9.17) is 9.73 Å². The number of nitrogens with zero attached hydrogens (tertiary/aromatic N) is 2. The number of hydrogen-bond donors (Lipinski definition) is 1. The zero-order valence-electron chi connectivity index (χ0n) is 16.2. The van der Waals surface area contributed by atoms with E-state index in [9.17, 15) is 0 Å². The summed E-state index contributed by atoms with van der Waals surface area (Å²) in [5.41, 5.74) is 2.08. The standard InChI is InChI=1S/C22H33N3O/c1-2-23-20(25-14-12-21(17-25)13-15-26-18-21)24-16-22(10-6-7-11-22)19-8-4-3-5-9-19/h3-5,8-9H,2,6-7,10-18H2,1H3,(H,23,24). The first kappa shape index (κ1) is 17.8. The van der Waals surface area contributed by atoms with Crippen LogP contribution < -0.4 is 5.32 Å². The highest BCUT2D eigenvalue weighted by atomic mass is 16.5. The first-order valence-electron chi connectivity index (χ1n) is 10.4. The Bertz CT molecular complexity index is 616. The van der Waals surface area contributed by atoms with Crippen LogP contribution in [0.2, 0.25) is 0 Å². The van der Waals surface area contributed by atoms with Crippen LogP contribution in [0.25, 0.3) is 0 Å². The van der Waals surface area contributed by atoms with Crippen LogP contribution in [0.4, 0.5) is 0 Å². The predicted octanol–water partition coefficient (Wildman–Crippen LogP) is 3.58. The van der Waals surface area contributed by atoms with Gasteiger partial charge in [-0.2, -0.15) is 0 Å². The van der Waals surface area contributed by atoms with E-state index in [0.29, 0.717) is 5.41 Å². The molecule has 0 bridgehead atoms. The highest BCUT2D eigenvalue weighted by Gasteiger charge is 2.42. The van der Waals surface area contributed by atoms with Gasteiger partial charge in [-0.3, -0.25) is 4.99 Å². The molecular formula is C22H33N3O. The van der Waals surface area contributed by atoms with Gasteiger partial charge in [0.25, 0.3) is 0 Å². The Morgan fingerprint density at radius 3 is 2.65 bits per heavy atom. The molecule has 4 nitrogen and oxygen atoms in total. The monoisotopic (exact) mass is 355 g/mol. The molecule has 1 saturated carbocycles. The molecule has 0 radical (unpaired) electrons. The summed E-state index contributed by atoms with van der Waals surface area (Å²) >= 11 is 0. The van der Waals surface area contributed by atoms with Crippen LogP contribution in [0, 0.1) is 5.41 Å². The van der Waals surface area contributed by atoms with Crippen LogP contribution in [-0.4, -0.2) is 50.3 Å². The van der Waals surface area contributed by atoms with Crippen molar-refractivity contribution < 1.29 is 4.74 Å². The van der Waals surface area contributed by atoms with Gasteiger partial charge in [0.2, 0.25) is 0 Å². The predicted molar refractivity (Wildman–Crippen MR) is 107 cm³/mol. The van der Waals surface area contributed by atoms with E-state index >= 15 is 0 Å².